The maximum Gasteiger partial charge on any atom is 0.225 e. The Hall–Kier alpha value is -2.12. The molecule has 158 valence electrons. The number of carbonyl (C=O) groups is 4. The molecule has 0 spiro atoms. The van der Waals surface area contributed by atoms with Gasteiger partial charge in [-0.05, 0) is 41.5 Å². The van der Waals surface area contributed by atoms with E-state index in [0.29, 0.717) is 26.2 Å². The zero-order chi connectivity index (χ0) is 21.3. The second-order valence-electron chi connectivity index (χ2n) is 9.73. The molecule has 2 saturated heterocycles. The first-order valence-corrected chi connectivity index (χ1v) is 9.97. The monoisotopic (exact) mass is 394 g/mol. The van der Waals surface area contributed by atoms with Crippen LogP contribution in [-0.2, 0) is 19.2 Å². The molecule has 2 N–H and O–H groups in total. The van der Waals surface area contributed by atoms with Crippen molar-refractivity contribution in [3.8, 4) is 0 Å². The van der Waals surface area contributed by atoms with Crippen molar-refractivity contribution in [1.82, 2.24) is 20.4 Å². The Bertz CT molecular complexity index is 592. The fraction of sp³-hybridized carbons (Fsp3) is 0.800. The average molecular weight is 395 g/mol. The molecule has 2 atom stereocenters. The molecule has 28 heavy (non-hydrogen) atoms. The Morgan fingerprint density at radius 1 is 0.786 bits per heavy atom. The molecule has 8 nitrogen and oxygen atoms in total. The van der Waals surface area contributed by atoms with Crippen molar-refractivity contribution in [2.45, 2.75) is 65.5 Å². The number of hydrogen-bond acceptors (Lipinski definition) is 4. The molecule has 2 unspecified atom stereocenters. The molecule has 0 bridgehead atoms. The maximum absolute atomic E-state index is 12.3. The van der Waals surface area contributed by atoms with Gasteiger partial charge in [0, 0.05) is 50.1 Å². The largest absolute Gasteiger partial charge is 0.354 e. The normalized spacial score (nSPS) is 23.4. The van der Waals surface area contributed by atoms with Gasteiger partial charge in [0.2, 0.25) is 23.6 Å². The Kier molecular flexibility index (Phi) is 6.41. The van der Waals surface area contributed by atoms with Crippen molar-refractivity contribution < 1.29 is 19.2 Å². The van der Waals surface area contributed by atoms with Crippen LogP contribution in [-0.4, -0.2) is 70.7 Å². The molecule has 0 aliphatic carbocycles. The number of carbonyl (C=O) groups excluding carboxylic acids is 4. The van der Waals surface area contributed by atoms with Crippen LogP contribution in [0.5, 0.6) is 0 Å². The van der Waals surface area contributed by atoms with Crippen LogP contribution >= 0.6 is 0 Å². The van der Waals surface area contributed by atoms with Crippen molar-refractivity contribution in [1.29, 1.82) is 0 Å². The highest BCUT2D eigenvalue weighted by atomic mass is 16.2. The van der Waals surface area contributed by atoms with Crippen LogP contribution in [0.1, 0.15) is 54.4 Å². The van der Waals surface area contributed by atoms with E-state index in [1.165, 1.54) is 0 Å². The number of likely N-dealkylation sites (tertiary alicyclic amines) is 2. The Balaban J connectivity index is 1.72. The van der Waals surface area contributed by atoms with Crippen molar-refractivity contribution in [3.63, 3.8) is 0 Å². The fourth-order valence-corrected chi connectivity index (χ4v) is 3.72. The van der Waals surface area contributed by atoms with Gasteiger partial charge in [0.25, 0.3) is 0 Å². The van der Waals surface area contributed by atoms with Crippen LogP contribution in [0.2, 0.25) is 0 Å². The average Bonchev–Trinajstić information content (AvgIpc) is 3.13. The topological polar surface area (TPSA) is 98.8 Å². The molecule has 0 saturated carbocycles. The van der Waals surface area contributed by atoms with Gasteiger partial charge in [0.1, 0.15) is 0 Å². The number of rotatable bonds is 5. The highest BCUT2D eigenvalue weighted by Gasteiger charge is 2.40. The van der Waals surface area contributed by atoms with Crippen LogP contribution in [0, 0.1) is 11.8 Å². The summed E-state index contributed by atoms with van der Waals surface area (Å²) in [5.74, 6) is -1.04. The van der Waals surface area contributed by atoms with Gasteiger partial charge in [-0.25, -0.2) is 0 Å². The molecular formula is C20H34N4O4. The number of nitrogens with one attached hydrogen (secondary N) is 2. The second-order valence-corrected chi connectivity index (χ2v) is 9.73. The third-order valence-corrected chi connectivity index (χ3v) is 5.33. The third kappa shape index (κ3) is 5.23. The van der Waals surface area contributed by atoms with Gasteiger partial charge in [-0.15, -0.1) is 0 Å². The summed E-state index contributed by atoms with van der Waals surface area (Å²) in [5.41, 5.74) is -0.584. The molecule has 8 heteroatoms. The van der Waals surface area contributed by atoms with Crippen molar-refractivity contribution in [2.24, 2.45) is 11.8 Å². The lowest BCUT2D eigenvalue weighted by Gasteiger charge is -2.32. The van der Waals surface area contributed by atoms with E-state index < -0.39 is 0 Å². The number of nitrogens with zero attached hydrogens (tertiary/aromatic N) is 2. The van der Waals surface area contributed by atoms with E-state index in [-0.39, 0.29) is 59.4 Å². The summed E-state index contributed by atoms with van der Waals surface area (Å²) in [6.07, 6.45) is 0.449. The highest BCUT2D eigenvalue weighted by molar-refractivity contribution is 5.90. The Morgan fingerprint density at radius 3 is 1.36 bits per heavy atom. The van der Waals surface area contributed by atoms with E-state index in [1.54, 1.807) is 9.80 Å². The lowest BCUT2D eigenvalue weighted by molar-refractivity contribution is -0.132. The van der Waals surface area contributed by atoms with Gasteiger partial charge in [-0.3, -0.25) is 19.2 Å². The van der Waals surface area contributed by atoms with Gasteiger partial charge in [-0.1, -0.05) is 0 Å². The SMILES string of the molecule is CC(C)(C)N1CC(C(=O)NCCNC(=O)C2CC(=O)N(C(C)(C)C)C2)CC1=O. The molecule has 2 fully saturated rings. The minimum atomic E-state index is -0.352. The molecule has 2 aliphatic rings. The fourth-order valence-electron chi connectivity index (χ4n) is 3.72. The van der Waals surface area contributed by atoms with Gasteiger partial charge in [0.15, 0.2) is 0 Å². The smallest absolute Gasteiger partial charge is 0.225 e. The first kappa shape index (κ1) is 22.2. The molecule has 2 aliphatic heterocycles. The van der Waals surface area contributed by atoms with Crippen molar-refractivity contribution >= 4 is 23.6 Å². The predicted molar refractivity (Wildman–Crippen MR) is 105 cm³/mol. The minimum Gasteiger partial charge on any atom is -0.354 e. The molecular weight excluding hydrogens is 360 g/mol. The van der Waals surface area contributed by atoms with Crippen LogP contribution in [0.25, 0.3) is 0 Å². The van der Waals surface area contributed by atoms with E-state index in [9.17, 15) is 19.2 Å². The summed E-state index contributed by atoms with van der Waals surface area (Å²) < 4.78 is 0. The summed E-state index contributed by atoms with van der Waals surface area (Å²) in [4.78, 5) is 52.2. The molecule has 0 aromatic heterocycles. The van der Waals surface area contributed by atoms with Gasteiger partial charge >= 0.3 is 0 Å². The molecule has 2 heterocycles. The molecule has 0 radical (unpaired) electrons. The lowest BCUT2D eigenvalue weighted by atomic mass is 10.1. The zero-order valence-electron chi connectivity index (χ0n) is 17.9. The van der Waals surface area contributed by atoms with E-state index in [4.69, 9.17) is 0 Å². The van der Waals surface area contributed by atoms with Crippen LogP contribution in [0.3, 0.4) is 0 Å². The maximum atomic E-state index is 12.3. The first-order valence-electron chi connectivity index (χ1n) is 9.97. The van der Waals surface area contributed by atoms with Crippen LogP contribution < -0.4 is 10.6 Å². The zero-order valence-corrected chi connectivity index (χ0v) is 17.9. The van der Waals surface area contributed by atoms with E-state index in [1.807, 2.05) is 41.5 Å². The second kappa shape index (κ2) is 8.09. The molecule has 0 aromatic carbocycles. The summed E-state index contributed by atoms with van der Waals surface area (Å²) >= 11 is 0. The lowest BCUT2D eigenvalue weighted by Crippen LogP contribution is -2.44. The summed E-state index contributed by atoms with van der Waals surface area (Å²) in [5, 5.41) is 5.59. The Morgan fingerprint density at radius 2 is 1.11 bits per heavy atom. The van der Waals surface area contributed by atoms with E-state index in [0.717, 1.165) is 0 Å². The number of amides is 4. The van der Waals surface area contributed by atoms with E-state index in [2.05, 4.69) is 10.6 Å². The van der Waals surface area contributed by atoms with Gasteiger partial charge in [0.05, 0.1) is 11.8 Å². The van der Waals surface area contributed by atoms with Gasteiger partial charge in [-0.2, -0.15) is 0 Å². The summed E-state index contributed by atoms with van der Waals surface area (Å²) in [7, 11) is 0. The minimum absolute atomic E-state index is 0.00439. The number of hydrogen-bond donors (Lipinski definition) is 2. The van der Waals surface area contributed by atoms with E-state index >= 15 is 0 Å². The van der Waals surface area contributed by atoms with Crippen molar-refractivity contribution in [3.05, 3.63) is 0 Å². The first-order chi connectivity index (χ1) is 12.8. The summed E-state index contributed by atoms with van der Waals surface area (Å²) in [6, 6.07) is 0. The standard InChI is InChI=1S/C20H34N4O4/c1-19(2,3)23-11-13(9-15(23)25)17(27)21-7-8-22-18(28)14-10-16(26)24(12-14)20(4,5)6/h13-14H,7-12H2,1-6H3,(H,21,27)(H,22,28). The molecule has 4 amide bonds. The van der Waals surface area contributed by atoms with Crippen LogP contribution in [0.4, 0.5) is 0 Å². The predicted octanol–water partition coefficient (Wildman–Crippen LogP) is 0.513. The quantitative estimate of drug-likeness (QED) is 0.664. The molecule has 0 aromatic rings. The molecule has 2 rings (SSSR count). The third-order valence-electron chi connectivity index (χ3n) is 5.33. The summed E-state index contributed by atoms with van der Waals surface area (Å²) in [6.45, 7) is 13.2. The highest BCUT2D eigenvalue weighted by Crippen LogP contribution is 2.26. The van der Waals surface area contributed by atoms with Crippen molar-refractivity contribution in [2.75, 3.05) is 26.2 Å². The van der Waals surface area contributed by atoms with Crippen LogP contribution in [0.15, 0.2) is 0 Å². The Labute approximate surface area is 167 Å². The van der Waals surface area contributed by atoms with Gasteiger partial charge < -0.3 is 20.4 Å².